The van der Waals surface area contributed by atoms with Crippen LogP contribution in [0.15, 0.2) is 54.6 Å². The largest absolute Gasteiger partial charge is 0.494 e. The maximum Gasteiger partial charge on any atom is 0.314 e. The highest BCUT2D eigenvalue weighted by atomic mass is 19.2. The molecule has 0 atom stereocenters. The van der Waals surface area contributed by atoms with Crippen LogP contribution in [-0.2, 0) is 4.79 Å². The average molecular weight is 469 g/mol. The van der Waals surface area contributed by atoms with Gasteiger partial charge in [-0.3, -0.25) is 4.79 Å². The second kappa shape index (κ2) is 10.3. The predicted octanol–water partition coefficient (Wildman–Crippen LogP) is 7.36. The molecular weight excluding hydrogens is 441 g/mol. The van der Waals surface area contributed by atoms with Crippen molar-refractivity contribution in [1.29, 1.82) is 0 Å². The number of hydrogen-bond acceptors (Lipinski definition) is 3. The van der Waals surface area contributed by atoms with E-state index in [1.807, 2.05) is 26.0 Å². The molecular formula is C28H27F3O3. The molecule has 3 aromatic rings. The summed E-state index contributed by atoms with van der Waals surface area (Å²) in [6.07, 6.45) is 2.19. The van der Waals surface area contributed by atoms with Crippen LogP contribution < -0.4 is 9.47 Å². The molecule has 4 rings (SSSR count). The highest BCUT2D eigenvalue weighted by molar-refractivity contribution is 5.76. The Morgan fingerprint density at radius 2 is 1.62 bits per heavy atom. The molecule has 0 aromatic heterocycles. The predicted molar refractivity (Wildman–Crippen MR) is 124 cm³/mol. The Hall–Kier alpha value is -3.28. The molecule has 34 heavy (non-hydrogen) atoms. The number of aryl methyl sites for hydroxylation is 1. The molecule has 1 aliphatic carbocycles. The Morgan fingerprint density at radius 3 is 2.26 bits per heavy atom. The summed E-state index contributed by atoms with van der Waals surface area (Å²) >= 11 is 0. The molecule has 6 heteroatoms. The SMILES string of the molecule is CCOc1ccc(C2CCC(C(=O)Oc3ccc(-c4ccc(C)cc4)c(F)c3F)CC2)c(F)c1. The molecule has 1 saturated carbocycles. The van der Waals surface area contributed by atoms with Gasteiger partial charge in [-0.1, -0.05) is 35.9 Å². The second-order valence-corrected chi connectivity index (χ2v) is 8.69. The van der Waals surface area contributed by atoms with Crippen molar-refractivity contribution in [3.63, 3.8) is 0 Å². The fourth-order valence-electron chi connectivity index (χ4n) is 4.49. The van der Waals surface area contributed by atoms with E-state index in [1.165, 1.54) is 18.2 Å². The van der Waals surface area contributed by atoms with Gasteiger partial charge >= 0.3 is 5.97 Å². The topological polar surface area (TPSA) is 35.5 Å². The fraction of sp³-hybridized carbons (Fsp3) is 0.321. The highest BCUT2D eigenvalue weighted by Crippen LogP contribution is 2.38. The van der Waals surface area contributed by atoms with E-state index in [9.17, 15) is 18.0 Å². The second-order valence-electron chi connectivity index (χ2n) is 8.69. The first kappa shape index (κ1) is 23.9. The summed E-state index contributed by atoms with van der Waals surface area (Å²) in [7, 11) is 0. The normalized spacial score (nSPS) is 17.9. The van der Waals surface area contributed by atoms with Crippen molar-refractivity contribution in [3.8, 4) is 22.6 Å². The van der Waals surface area contributed by atoms with Gasteiger partial charge in [-0.25, -0.2) is 8.78 Å². The molecule has 0 heterocycles. The average Bonchev–Trinajstić information content (AvgIpc) is 2.83. The van der Waals surface area contributed by atoms with Gasteiger partial charge in [0, 0.05) is 11.6 Å². The number of hydrogen-bond donors (Lipinski definition) is 0. The third-order valence-corrected chi connectivity index (χ3v) is 6.40. The molecule has 0 bridgehead atoms. The van der Waals surface area contributed by atoms with Gasteiger partial charge in [0.1, 0.15) is 11.6 Å². The zero-order valence-corrected chi connectivity index (χ0v) is 19.2. The van der Waals surface area contributed by atoms with E-state index in [1.54, 1.807) is 24.3 Å². The summed E-state index contributed by atoms with van der Waals surface area (Å²) in [6, 6.07) is 14.6. The van der Waals surface area contributed by atoms with Gasteiger partial charge in [0.05, 0.1) is 12.5 Å². The maximum atomic E-state index is 14.7. The van der Waals surface area contributed by atoms with Crippen molar-refractivity contribution in [1.82, 2.24) is 0 Å². The summed E-state index contributed by atoms with van der Waals surface area (Å²) in [5.74, 6) is -3.53. The molecule has 1 aliphatic rings. The van der Waals surface area contributed by atoms with Crippen LogP contribution in [0.2, 0.25) is 0 Å². The van der Waals surface area contributed by atoms with Gasteiger partial charge in [0.2, 0.25) is 5.82 Å². The number of carbonyl (C=O) groups is 1. The maximum absolute atomic E-state index is 14.7. The quantitative estimate of drug-likeness (QED) is 0.280. The number of ether oxygens (including phenoxy) is 2. The van der Waals surface area contributed by atoms with Crippen LogP contribution in [0.25, 0.3) is 11.1 Å². The lowest BCUT2D eigenvalue weighted by Crippen LogP contribution is -2.25. The minimum absolute atomic E-state index is 0.0114. The lowest BCUT2D eigenvalue weighted by Gasteiger charge is -2.28. The Bertz CT molecular complexity index is 1170. The Morgan fingerprint density at radius 1 is 0.912 bits per heavy atom. The first-order valence-electron chi connectivity index (χ1n) is 11.6. The summed E-state index contributed by atoms with van der Waals surface area (Å²) in [5.41, 5.74) is 2.26. The van der Waals surface area contributed by atoms with Crippen molar-refractivity contribution in [2.24, 2.45) is 5.92 Å². The molecule has 1 fully saturated rings. The summed E-state index contributed by atoms with van der Waals surface area (Å²) in [4.78, 5) is 12.6. The van der Waals surface area contributed by atoms with Crippen LogP contribution in [0.4, 0.5) is 13.2 Å². The smallest absolute Gasteiger partial charge is 0.314 e. The van der Waals surface area contributed by atoms with E-state index in [0.29, 0.717) is 49.2 Å². The van der Waals surface area contributed by atoms with Crippen LogP contribution >= 0.6 is 0 Å². The van der Waals surface area contributed by atoms with E-state index in [-0.39, 0.29) is 17.3 Å². The molecule has 3 aromatic carbocycles. The minimum Gasteiger partial charge on any atom is -0.494 e. The zero-order valence-electron chi connectivity index (χ0n) is 19.2. The first-order chi connectivity index (χ1) is 16.4. The minimum atomic E-state index is -1.18. The number of esters is 1. The molecule has 0 radical (unpaired) electrons. The molecule has 3 nitrogen and oxygen atoms in total. The Balaban J connectivity index is 1.39. The van der Waals surface area contributed by atoms with E-state index in [4.69, 9.17) is 9.47 Å². The van der Waals surface area contributed by atoms with Gasteiger partial charge in [-0.05, 0) is 74.8 Å². The third-order valence-electron chi connectivity index (χ3n) is 6.40. The molecule has 0 N–H and O–H groups in total. The zero-order chi connectivity index (χ0) is 24.2. The van der Waals surface area contributed by atoms with Gasteiger partial charge in [0.15, 0.2) is 11.6 Å². The lowest BCUT2D eigenvalue weighted by atomic mass is 9.78. The molecule has 0 spiro atoms. The summed E-state index contributed by atoms with van der Waals surface area (Å²) in [5, 5.41) is 0. The van der Waals surface area contributed by atoms with Crippen LogP contribution in [0.3, 0.4) is 0 Å². The molecule has 0 saturated heterocycles. The van der Waals surface area contributed by atoms with Gasteiger partial charge in [-0.2, -0.15) is 4.39 Å². The van der Waals surface area contributed by atoms with Crippen molar-refractivity contribution in [3.05, 3.63) is 83.2 Å². The molecule has 178 valence electrons. The Kier molecular flexibility index (Phi) is 7.25. The number of carbonyl (C=O) groups excluding carboxylic acids is 1. The molecule has 0 amide bonds. The number of rotatable bonds is 6. The van der Waals surface area contributed by atoms with E-state index >= 15 is 0 Å². The van der Waals surface area contributed by atoms with Crippen molar-refractivity contribution >= 4 is 5.97 Å². The van der Waals surface area contributed by atoms with E-state index < -0.39 is 29.3 Å². The number of halogens is 3. The van der Waals surface area contributed by atoms with Crippen molar-refractivity contribution < 1.29 is 27.4 Å². The Labute approximate surface area is 197 Å². The van der Waals surface area contributed by atoms with E-state index in [2.05, 4.69) is 0 Å². The van der Waals surface area contributed by atoms with Crippen LogP contribution in [0.5, 0.6) is 11.5 Å². The first-order valence-corrected chi connectivity index (χ1v) is 11.6. The molecule has 0 aliphatic heterocycles. The summed E-state index contributed by atoms with van der Waals surface area (Å²) < 4.78 is 54.4. The van der Waals surface area contributed by atoms with Crippen LogP contribution in [-0.4, -0.2) is 12.6 Å². The van der Waals surface area contributed by atoms with Gasteiger partial charge < -0.3 is 9.47 Å². The van der Waals surface area contributed by atoms with Crippen molar-refractivity contribution in [2.75, 3.05) is 6.61 Å². The fourth-order valence-corrected chi connectivity index (χ4v) is 4.49. The van der Waals surface area contributed by atoms with Crippen LogP contribution in [0.1, 0.15) is 49.7 Å². The third kappa shape index (κ3) is 5.11. The monoisotopic (exact) mass is 468 g/mol. The molecule has 0 unspecified atom stereocenters. The van der Waals surface area contributed by atoms with E-state index in [0.717, 1.165) is 5.56 Å². The highest BCUT2D eigenvalue weighted by Gasteiger charge is 2.30. The van der Waals surface area contributed by atoms with Crippen molar-refractivity contribution in [2.45, 2.75) is 45.4 Å². The lowest BCUT2D eigenvalue weighted by molar-refractivity contribution is -0.140. The standard InChI is InChI=1S/C28H27F3O3/c1-3-33-21-12-13-22(24(29)16-21)18-8-10-20(11-9-18)28(32)34-25-15-14-23(26(30)27(25)31)19-6-4-17(2)5-7-19/h4-7,12-16,18,20H,3,8-11H2,1-2H3. The number of benzene rings is 3. The van der Waals surface area contributed by atoms with Crippen LogP contribution in [0, 0.1) is 30.3 Å². The summed E-state index contributed by atoms with van der Waals surface area (Å²) in [6.45, 7) is 4.21. The van der Waals surface area contributed by atoms with Gasteiger partial charge in [0.25, 0.3) is 0 Å². The van der Waals surface area contributed by atoms with Gasteiger partial charge in [-0.15, -0.1) is 0 Å².